The molecule has 4 rings (SSSR count). The summed E-state index contributed by atoms with van der Waals surface area (Å²) in [7, 11) is -3.13. The number of ether oxygens (including phenoxy) is 2. The summed E-state index contributed by atoms with van der Waals surface area (Å²) in [6.07, 6.45) is 1.85. The lowest BCUT2D eigenvalue weighted by Gasteiger charge is -2.36. The van der Waals surface area contributed by atoms with Crippen LogP contribution >= 0.6 is 0 Å². The van der Waals surface area contributed by atoms with Crippen molar-refractivity contribution in [1.82, 2.24) is 9.29 Å². The number of sulfonamides is 1. The Bertz CT molecular complexity index is 848. The number of hydrogen-bond donors (Lipinski definition) is 1. The molecule has 12 heteroatoms. The third-order valence-corrected chi connectivity index (χ3v) is 7.86. The van der Waals surface area contributed by atoms with E-state index in [1.807, 2.05) is 18.3 Å². The molecule has 2 heterocycles. The predicted molar refractivity (Wildman–Crippen MR) is 102 cm³/mol. The number of carboxylic acid groups (broad SMARTS) is 1. The van der Waals surface area contributed by atoms with Gasteiger partial charge in [0.1, 0.15) is 0 Å². The van der Waals surface area contributed by atoms with Crippen molar-refractivity contribution in [1.29, 1.82) is 0 Å². The van der Waals surface area contributed by atoms with Crippen LogP contribution in [0.25, 0.3) is 0 Å². The highest BCUT2D eigenvalue weighted by Crippen LogP contribution is 2.40. The van der Waals surface area contributed by atoms with Crippen LogP contribution in [0.1, 0.15) is 31.2 Å². The number of nitrogens with zero attached hydrogens (tertiary/aromatic N) is 2. The Hall–Kier alpha value is -1.76. The van der Waals surface area contributed by atoms with Crippen LogP contribution in [0.4, 0.5) is 13.2 Å². The quantitative estimate of drug-likeness (QED) is 0.685. The van der Waals surface area contributed by atoms with Crippen LogP contribution in [0.2, 0.25) is 0 Å². The molecule has 0 radical (unpaired) electrons. The molecule has 174 valence electrons. The molecule has 2 saturated carbocycles. The molecule has 3 atom stereocenters. The molecule has 1 unspecified atom stereocenters. The second kappa shape index (κ2) is 9.80. The first-order chi connectivity index (χ1) is 14.6. The second-order valence-corrected chi connectivity index (χ2v) is 10.0. The summed E-state index contributed by atoms with van der Waals surface area (Å²) in [5.74, 6) is -2.40. The molecule has 1 aromatic heterocycles. The maximum atomic E-state index is 12.6. The van der Waals surface area contributed by atoms with Gasteiger partial charge in [-0.15, -0.1) is 0 Å². The van der Waals surface area contributed by atoms with E-state index in [0.717, 1.165) is 31.2 Å². The Labute approximate surface area is 178 Å². The number of carbonyl (C=O) groups is 1. The van der Waals surface area contributed by atoms with Crippen molar-refractivity contribution in [3.05, 3.63) is 30.1 Å². The van der Waals surface area contributed by atoms with E-state index in [9.17, 15) is 21.6 Å². The number of aromatic nitrogens is 1. The Morgan fingerprint density at radius 2 is 2.03 bits per heavy atom. The molecule has 8 nitrogen and oxygen atoms in total. The summed E-state index contributed by atoms with van der Waals surface area (Å²) in [4.78, 5) is 13.0. The molecular formula is C19H25F3N2O6S. The van der Waals surface area contributed by atoms with E-state index >= 15 is 0 Å². The minimum atomic E-state index is -5.08. The third-order valence-electron chi connectivity index (χ3n) is 5.44. The molecule has 0 aromatic carbocycles. The van der Waals surface area contributed by atoms with Crippen LogP contribution in [-0.2, 0) is 30.9 Å². The molecule has 3 fully saturated rings. The van der Waals surface area contributed by atoms with Gasteiger partial charge >= 0.3 is 12.1 Å². The minimum absolute atomic E-state index is 0.00339. The van der Waals surface area contributed by atoms with Crippen LogP contribution in [0, 0.1) is 5.92 Å². The normalized spacial score (nSPS) is 26.6. The molecule has 0 amide bonds. The second-order valence-electron chi connectivity index (χ2n) is 7.85. The number of hydrogen-bond acceptors (Lipinski definition) is 6. The number of carboxylic acids is 1. The zero-order valence-electron chi connectivity index (χ0n) is 16.7. The molecule has 1 N–H and O–H groups in total. The van der Waals surface area contributed by atoms with E-state index < -0.39 is 22.2 Å². The van der Waals surface area contributed by atoms with Crippen LogP contribution in [0.15, 0.2) is 24.5 Å². The molecule has 2 aliphatic carbocycles. The number of fused-ring (bicyclic) bond motifs is 1. The fraction of sp³-hybridized carbons (Fsp3) is 0.684. The number of aliphatic carboxylic acids is 1. The third kappa shape index (κ3) is 6.37. The van der Waals surface area contributed by atoms with Crippen molar-refractivity contribution in [3.63, 3.8) is 0 Å². The van der Waals surface area contributed by atoms with Gasteiger partial charge in [-0.25, -0.2) is 13.2 Å². The number of morpholine rings is 1. The van der Waals surface area contributed by atoms with Gasteiger partial charge in [0.15, 0.2) is 0 Å². The Morgan fingerprint density at radius 1 is 1.32 bits per heavy atom. The molecule has 1 aliphatic heterocycles. The van der Waals surface area contributed by atoms with Gasteiger partial charge in [0.2, 0.25) is 10.0 Å². The van der Waals surface area contributed by atoms with Gasteiger partial charge in [0, 0.05) is 25.5 Å². The maximum Gasteiger partial charge on any atom is 0.490 e. The van der Waals surface area contributed by atoms with E-state index in [-0.39, 0.29) is 17.4 Å². The van der Waals surface area contributed by atoms with E-state index in [0.29, 0.717) is 32.3 Å². The number of rotatable bonds is 6. The standard InChI is InChI=1S/C17H24N2O4S.C2HF3O2/c20-24(21,15-3-4-15)19-6-7-23-17-9-14(8-16(17)19)12-22-11-13-2-1-5-18-10-13;3-2(4,5)1(6)7/h1-2,5,10,14-17H,3-4,6-9,11-12H2;(H,6,7)/t14?,16-,17-;/m1./s1. The monoisotopic (exact) mass is 466 g/mol. The lowest BCUT2D eigenvalue weighted by molar-refractivity contribution is -0.192. The smallest absolute Gasteiger partial charge is 0.475 e. The first kappa shape index (κ1) is 23.9. The fourth-order valence-corrected chi connectivity index (χ4v) is 5.90. The Morgan fingerprint density at radius 3 is 2.61 bits per heavy atom. The molecule has 0 bridgehead atoms. The average Bonchev–Trinajstić information content (AvgIpc) is 3.49. The molecule has 1 saturated heterocycles. The number of pyridine rings is 1. The van der Waals surface area contributed by atoms with Crippen LogP contribution in [-0.4, -0.2) is 72.1 Å². The highest BCUT2D eigenvalue weighted by molar-refractivity contribution is 7.90. The molecule has 0 spiro atoms. The van der Waals surface area contributed by atoms with Crippen LogP contribution in [0.3, 0.4) is 0 Å². The van der Waals surface area contributed by atoms with Gasteiger partial charge in [0.05, 0.1) is 30.6 Å². The molecular weight excluding hydrogens is 441 g/mol. The average molecular weight is 466 g/mol. The van der Waals surface area contributed by atoms with Crippen molar-refractivity contribution in [2.45, 2.75) is 55.9 Å². The van der Waals surface area contributed by atoms with Gasteiger partial charge in [-0.1, -0.05) is 6.07 Å². The van der Waals surface area contributed by atoms with E-state index in [1.54, 1.807) is 10.5 Å². The summed E-state index contributed by atoms with van der Waals surface area (Å²) in [6.45, 7) is 2.20. The first-order valence-corrected chi connectivity index (χ1v) is 11.5. The summed E-state index contributed by atoms with van der Waals surface area (Å²) in [6, 6.07) is 3.89. The van der Waals surface area contributed by atoms with Crippen molar-refractivity contribution < 1.29 is 41.0 Å². The van der Waals surface area contributed by atoms with Crippen molar-refractivity contribution in [2.75, 3.05) is 19.8 Å². The highest BCUT2D eigenvalue weighted by atomic mass is 32.2. The molecule has 1 aromatic rings. The molecule has 3 aliphatic rings. The van der Waals surface area contributed by atoms with E-state index in [2.05, 4.69) is 4.98 Å². The number of halogens is 3. The fourth-order valence-electron chi connectivity index (χ4n) is 3.85. The zero-order valence-corrected chi connectivity index (χ0v) is 17.5. The van der Waals surface area contributed by atoms with Crippen LogP contribution < -0.4 is 0 Å². The highest BCUT2D eigenvalue weighted by Gasteiger charge is 2.49. The number of alkyl halides is 3. The summed E-state index contributed by atoms with van der Waals surface area (Å²) < 4.78 is 70.4. The van der Waals surface area contributed by atoms with E-state index in [4.69, 9.17) is 19.4 Å². The Kier molecular flexibility index (Phi) is 7.55. The largest absolute Gasteiger partial charge is 0.490 e. The van der Waals surface area contributed by atoms with Gasteiger partial charge in [-0.05, 0) is 43.2 Å². The predicted octanol–water partition coefficient (Wildman–Crippen LogP) is 2.20. The van der Waals surface area contributed by atoms with Crippen molar-refractivity contribution >= 4 is 16.0 Å². The summed E-state index contributed by atoms with van der Waals surface area (Å²) in [5, 5.41) is 6.98. The van der Waals surface area contributed by atoms with Crippen molar-refractivity contribution in [2.24, 2.45) is 5.92 Å². The van der Waals surface area contributed by atoms with Gasteiger partial charge in [0.25, 0.3) is 0 Å². The van der Waals surface area contributed by atoms with Gasteiger partial charge < -0.3 is 14.6 Å². The van der Waals surface area contributed by atoms with Crippen molar-refractivity contribution in [3.8, 4) is 0 Å². The SMILES string of the molecule is O=C(O)C(F)(F)F.O=S(=O)(C1CC1)N1CCO[C@@H]2CC(COCc3cccnc3)C[C@H]21. The Balaban J connectivity index is 0.000000339. The van der Waals surface area contributed by atoms with Gasteiger partial charge in [-0.2, -0.15) is 17.5 Å². The summed E-state index contributed by atoms with van der Waals surface area (Å²) >= 11 is 0. The van der Waals surface area contributed by atoms with Crippen LogP contribution in [0.5, 0.6) is 0 Å². The topological polar surface area (TPSA) is 106 Å². The summed E-state index contributed by atoms with van der Waals surface area (Å²) in [5.41, 5.74) is 1.06. The zero-order chi connectivity index (χ0) is 22.6. The van der Waals surface area contributed by atoms with E-state index in [1.165, 1.54) is 0 Å². The maximum absolute atomic E-state index is 12.6. The lowest BCUT2D eigenvalue weighted by atomic mass is 10.1. The first-order valence-electron chi connectivity index (χ1n) is 9.98. The minimum Gasteiger partial charge on any atom is -0.475 e. The lowest BCUT2D eigenvalue weighted by Crippen LogP contribution is -2.52. The van der Waals surface area contributed by atoms with Gasteiger partial charge in [-0.3, -0.25) is 4.98 Å². The molecule has 31 heavy (non-hydrogen) atoms.